The molecule has 0 amide bonds. The van der Waals surface area contributed by atoms with Crippen molar-refractivity contribution in [3.05, 3.63) is 58.2 Å². The number of hydrogen-bond acceptors (Lipinski definition) is 3. The van der Waals surface area contributed by atoms with Gasteiger partial charge in [0.25, 0.3) is 0 Å². The maximum atomic E-state index is 13.1. The van der Waals surface area contributed by atoms with Gasteiger partial charge in [-0.05, 0) is 39.7 Å². The molecule has 1 unspecified atom stereocenters. The van der Waals surface area contributed by atoms with Crippen LogP contribution in [0.1, 0.15) is 17.2 Å². The van der Waals surface area contributed by atoms with E-state index in [0.29, 0.717) is 4.67 Å². The summed E-state index contributed by atoms with van der Waals surface area (Å²) < 4.78 is 18.8. The molecule has 0 saturated carbocycles. The van der Waals surface area contributed by atoms with Gasteiger partial charge in [-0.1, -0.05) is 12.1 Å². The molecule has 2 rings (SSSR count). The molecule has 5 heteroatoms. The summed E-state index contributed by atoms with van der Waals surface area (Å²) in [6, 6.07) is 7.74. The maximum absolute atomic E-state index is 13.1. The van der Waals surface area contributed by atoms with Crippen LogP contribution in [0.25, 0.3) is 0 Å². The number of hydrazine groups is 1. The molecule has 1 atom stereocenters. The Kier molecular flexibility index (Phi) is 3.38. The smallest absolute Gasteiger partial charge is 0.174 e. The van der Waals surface area contributed by atoms with Gasteiger partial charge in [0.2, 0.25) is 0 Å². The van der Waals surface area contributed by atoms with Gasteiger partial charge in [0.1, 0.15) is 5.82 Å². The van der Waals surface area contributed by atoms with E-state index in [0.717, 1.165) is 11.1 Å². The molecule has 0 spiro atoms. The van der Waals surface area contributed by atoms with E-state index in [1.165, 1.54) is 12.1 Å². The molecule has 3 N–H and O–H groups in total. The first kappa shape index (κ1) is 11.3. The Bertz CT molecular complexity index is 486. The van der Waals surface area contributed by atoms with Crippen LogP contribution < -0.4 is 11.3 Å². The lowest BCUT2D eigenvalue weighted by molar-refractivity contribution is 0.526. The van der Waals surface area contributed by atoms with Crippen LogP contribution in [0.3, 0.4) is 0 Å². The van der Waals surface area contributed by atoms with Crippen molar-refractivity contribution in [1.82, 2.24) is 5.43 Å². The topological polar surface area (TPSA) is 51.2 Å². The van der Waals surface area contributed by atoms with E-state index in [1.807, 2.05) is 0 Å². The number of hydrogen-bond donors (Lipinski definition) is 2. The van der Waals surface area contributed by atoms with Crippen LogP contribution >= 0.6 is 15.9 Å². The zero-order chi connectivity index (χ0) is 11.5. The van der Waals surface area contributed by atoms with Crippen LogP contribution in [-0.2, 0) is 0 Å². The van der Waals surface area contributed by atoms with Crippen molar-refractivity contribution in [2.24, 2.45) is 5.84 Å². The Hall–Kier alpha value is -1.17. The van der Waals surface area contributed by atoms with Gasteiger partial charge in [-0.3, -0.25) is 5.84 Å². The average molecular weight is 285 g/mol. The van der Waals surface area contributed by atoms with E-state index < -0.39 is 0 Å². The highest BCUT2D eigenvalue weighted by molar-refractivity contribution is 9.10. The third-order valence-electron chi connectivity index (χ3n) is 2.31. The lowest BCUT2D eigenvalue weighted by atomic mass is 10.0. The van der Waals surface area contributed by atoms with E-state index in [-0.39, 0.29) is 11.9 Å². The fourth-order valence-electron chi connectivity index (χ4n) is 1.56. The second kappa shape index (κ2) is 4.78. The Morgan fingerprint density at radius 3 is 2.75 bits per heavy atom. The summed E-state index contributed by atoms with van der Waals surface area (Å²) in [5, 5.41) is 0. The molecule has 16 heavy (non-hydrogen) atoms. The lowest BCUT2D eigenvalue weighted by Crippen LogP contribution is -2.28. The van der Waals surface area contributed by atoms with Gasteiger partial charge in [0.15, 0.2) is 4.67 Å². The van der Waals surface area contributed by atoms with Crippen LogP contribution in [0.15, 0.2) is 45.7 Å². The first-order chi connectivity index (χ1) is 7.72. The number of furan rings is 1. The Labute approximate surface area is 101 Å². The average Bonchev–Trinajstić information content (AvgIpc) is 2.67. The molecular weight excluding hydrogens is 275 g/mol. The highest BCUT2D eigenvalue weighted by atomic mass is 79.9. The number of nitrogens with two attached hydrogens (primary N) is 1. The normalized spacial score (nSPS) is 12.7. The standard InChI is InChI=1S/C11H10BrFN2O/c12-11-9(4-5-16-11)10(15-14)7-2-1-3-8(13)6-7/h1-6,10,15H,14H2. The molecule has 0 saturated heterocycles. The molecule has 0 fully saturated rings. The summed E-state index contributed by atoms with van der Waals surface area (Å²) in [4.78, 5) is 0. The third-order valence-corrected chi connectivity index (χ3v) is 2.95. The van der Waals surface area contributed by atoms with Crippen LogP contribution in [-0.4, -0.2) is 0 Å². The monoisotopic (exact) mass is 284 g/mol. The molecule has 3 nitrogen and oxygen atoms in total. The summed E-state index contributed by atoms with van der Waals surface area (Å²) in [5.74, 6) is 5.19. The summed E-state index contributed by atoms with van der Waals surface area (Å²) in [7, 11) is 0. The van der Waals surface area contributed by atoms with Gasteiger partial charge in [-0.2, -0.15) is 0 Å². The van der Waals surface area contributed by atoms with Gasteiger partial charge in [0.05, 0.1) is 12.3 Å². The van der Waals surface area contributed by atoms with E-state index in [4.69, 9.17) is 10.3 Å². The molecule has 0 aliphatic rings. The van der Waals surface area contributed by atoms with Gasteiger partial charge in [0, 0.05) is 5.56 Å². The SMILES string of the molecule is NNC(c1cccc(F)c1)c1ccoc1Br. The summed E-state index contributed by atoms with van der Waals surface area (Å²) in [6.45, 7) is 0. The van der Waals surface area contributed by atoms with Crippen molar-refractivity contribution >= 4 is 15.9 Å². The number of benzene rings is 1. The number of nitrogens with one attached hydrogen (secondary N) is 1. The van der Waals surface area contributed by atoms with E-state index in [9.17, 15) is 4.39 Å². The van der Waals surface area contributed by atoms with Crippen LogP contribution in [0, 0.1) is 5.82 Å². The van der Waals surface area contributed by atoms with Gasteiger partial charge >= 0.3 is 0 Å². The molecule has 2 aromatic rings. The quantitative estimate of drug-likeness (QED) is 0.673. The minimum absolute atomic E-state index is 0.294. The molecule has 1 aromatic carbocycles. The molecular formula is C11H10BrFN2O. The largest absolute Gasteiger partial charge is 0.457 e. The van der Waals surface area contributed by atoms with Gasteiger partial charge in [-0.25, -0.2) is 9.82 Å². The third kappa shape index (κ3) is 2.16. The summed E-state index contributed by atoms with van der Waals surface area (Å²) >= 11 is 3.27. The second-order valence-corrected chi connectivity index (χ2v) is 4.02. The predicted molar refractivity (Wildman–Crippen MR) is 62.0 cm³/mol. The van der Waals surface area contributed by atoms with Crippen molar-refractivity contribution in [3.63, 3.8) is 0 Å². The fraction of sp³-hybridized carbons (Fsp3) is 0.0909. The van der Waals surface area contributed by atoms with Crippen LogP contribution in [0.4, 0.5) is 4.39 Å². The second-order valence-electron chi connectivity index (χ2n) is 3.30. The van der Waals surface area contributed by atoms with Crippen molar-refractivity contribution in [2.45, 2.75) is 6.04 Å². The number of halogens is 2. The molecule has 0 aliphatic heterocycles. The minimum Gasteiger partial charge on any atom is -0.457 e. The van der Waals surface area contributed by atoms with Gasteiger partial charge in [-0.15, -0.1) is 0 Å². The summed E-state index contributed by atoms with van der Waals surface area (Å²) in [6.07, 6.45) is 1.54. The van der Waals surface area contributed by atoms with Gasteiger partial charge < -0.3 is 4.42 Å². The van der Waals surface area contributed by atoms with E-state index >= 15 is 0 Å². The molecule has 1 heterocycles. The van der Waals surface area contributed by atoms with E-state index in [2.05, 4.69) is 21.4 Å². The highest BCUT2D eigenvalue weighted by Gasteiger charge is 2.17. The molecule has 84 valence electrons. The molecule has 0 bridgehead atoms. The first-order valence-electron chi connectivity index (χ1n) is 4.67. The van der Waals surface area contributed by atoms with Crippen LogP contribution in [0.5, 0.6) is 0 Å². The van der Waals surface area contributed by atoms with Crippen molar-refractivity contribution in [2.75, 3.05) is 0 Å². The van der Waals surface area contributed by atoms with Crippen molar-refractivity contribution < 1.29 is 8.81 Å². The molecule has 1 aromatic heterocycles. The fourth-order valence-corrected chi connectivity index (χ4v) is 2.03. The minimum atomic E-state index is -0.302. The summed E-state index contributed by atoms with van der Waals surface area (Å²) in [5.41, 5.74) is 4.20. The van der Waals surface area contributed by atoms with Crippen molar-refractivity contribution in [1.29, 1.82) is 0 Å². The Balaban J connectivity index is 2.40. The molecule has 0 radical (unpaired) electrons. The first-order valence-corrected chi connectivity index (χ1v) is 5.46. The zero-order valence-electron chi connectivity index (χ0n) is 8.28. The van der Waals surface area contributed by atoms with Crippen molar-refractivity contribution in [3.8, 4) is 0 Å². The Morgan fingerprint density at radius 1 is 1.38 bits per heavy atom. The maximum Gasteiger partial charge on any atom is 0.174 e. The highest BCUT2D eigenvalue weighted by Crippen LogP contribution is 2.29. The van der Waals surface area contributed by atoms with Crippen LogP contribution in [0.2, 0.25) is 0 Å². The van der Waals surface area contributed by atoms with E-state index in [1.54, 1.807) is 24.5 Å². The number of rotatable bonds is 3. The zero-order valence-corrected chi connectivity index (χ0v) is 9.87. The molecule has 0 aliphatic carbocycles. The predicted octanol–water partition coefficient (Wildman–Crippen LogP) is 2.73. The Morgan fingerprint density at radius 2 is 2.19 bits per heavy atom. The lowest BCUT2D eigenvalue weighted by Gasteiger charge is -2.15.